The Kier molecular flexibility index (Phi) is 4.56. The Morgan fingerprint density at radius 1 is 1.33 bits per heavy atom. The largest absolute Gasteiger partial charge is 0.373 e. The zero-order chi connectivity index (χ0) is 14.7. The first-order valence-electron chi connectivity index (χ1n) is 7.92. The Morgan fingerprint density at radius 2 is 2.10 bits per heavy atom. The van der Waals surface area contributed by atoms with E-state index in [2.05, 4.69) is 23.5 Å². The van der Waals surface area contributed by atoms with E-state index < -0.39 is 0 Å². The molecule has 2 heterocycles. The number of carbonyl (C=O) groups is 1. The highest BCUT2D eigenvalue weighted by atomic mass is 16.5. The molecule has 1 aromatic rings. The Balaban J connectivity index is 1.61. The first-order chi connectivity index (χ1) is 10.3. The van der Waals surface area contributed by atoms with E-state index in [1.807, 2.05) is 18.0 Å². The van der Waals surface area contributed by atoms with Gasteiger partial charge >= 0.3 is 0 Å². The molecule has 1 aromatic carbocycles. The van der Waals surface area contributed by atoms with Gasteiger partial charge in [0.1, 0.15) is 0 Å². The molecule has 0 aromatic heterocycles. The highest BCUT2D eigenvalue weighted by Gasteiger charge is 2.27. The van der Waals surface area contributed by atoms with E-state index in [0.717, 1.165) is 39.0 Å². The predicted octanol–water partition coefficient (Wildman–Crippen LogP) is 1.90. The van der Waals surface area contributed by atoms with Gasteiger partial charge in [0.25, 0.3) is 0 Å². The summed E-state index contributed by atoms with van der Waals surface area (Å²) in [5, 5.41) is 3.30. The number of hydrogen-bond acceptors (Lipinski definition) is 3. The van der Waals surface area contributed by atoms with E-state index in [1.165, 1.54) is 11.1 Å². The first kappa shape index (κ1) is 14.5. The Labute approximate surface area is 126 Å². The van der Waals surface area contributed by atoms with Gasteiger partial charge in [-0.15, -0.1) is 0 Å². The van der Waals surface area contributed by atoms with Gasteiger partial charge in [0.05, 0.1) is 19.1 Å². The summed E-state index contributed by atoms with van der Waals surface area (Å²) in [5.41, 5.74) is 2.53. The predicted molar refractivity (Wildman–Crippen MR) is 82.1 cm³/mol. The molecule has 1 N–H and O–H groups in total. The summed E-state index contributed by atoms with van der Waals surface area (Å²) in [4.78, 5) is 14.5. The summed E-state index contributed by atoms with van der Waals surface area (Å²) in [6.07, 6.45) is 3.45. The minimum Gasteiger partial charge on any atom is -0.373 e. The molecule has 1 amide bonds. The van der Waals surface area contributed by atoms with Gasteiger partial charge < -0.3 is 15.0 Å². The molecular weight excluding hydrogens is 264 g/mol. The first-order valence-corrected chi connectivity index (χ1v) is 7.92. The quantitative estimate of drug-likeness (QED) is 0.923. The Morgan fingerprint density at radius 3 is 2.86 bits per heavy atom. The topological polar surface area (TPSA) is 41.6 Å². The lowest BCUT2D eigenvalue weighted by atomic mass is 9.95. The number of fused-ring (bicyclic) bond motifs is 1. The van der Waals surface area contributed by atoms with Crippen LogP contribution in [-0.4, -0.2) is 43.6 Å². The monoisotopic (exact) mass is 288 g/mol. The molecule has 2 aliphatic rings. The summed E-state index contributed by atoms with van der Waals surface area (Å²) in [6.45, 7) is 2.44. The molecule has 0 radical (unpaired) electrons. The van der Waals surface area contributed by atoms with Crippen molar-refractivity contribution >= 4 is 5.91 Å². The fraction of sp³-hybridized carbons (Fsp3) is 0.588. The second-order valence-electron chi connectivity index (χ2n) is 5.96. The molecule has 3 rings (SSSR count). The number of hydrogen-bond donors (Lipinski definition) is 1. The number of nitrogens with one attached hydrogen (secondary N) is 1. The van der Waals surface area contributed by atoms with Crippen molar-refractivity contribution < 1.29 is 9.53 Å². The van der Waals surface area contributed by atoms with Crippen LogP contribution in [0.1, 0.15) is 36.5 Å². The summed E-state index contributed by atoms with van der Waals surface area (Å²) in [6, 6.07) is 8.89. The van der Waals surface area contributed by atoms with Crippen molar-refractivity contribution in [1.29, 1.82) is 0 Å². The van der Waals surface area contributed by atoms with E-state index in [1.54, 1.807) is 0 Å². The molecule has 4 nitrogen and oxygen atoms in total. The summed E-state index contributed by atoms with van der Waals surface area (Å²) in [5.74, 6) is 0.228. The van der Waals surface area contributed by atoms with Crippen molar-refractivity contribution in [3.8, 4) is 0 Å². The normalized spacial score (nSPS) is 22.9. The van der Waals surface area contributed by atoms with Gasteiger partial charge in [-0.1, -0.05) is 24.3 Å². The average Bonchev–Trinajstić information content (AvgIpc) is 2.55. The van der Waals surface area contributed by atoms with Crippen molar-refractivity contribution in [1.82, 2.24) is 10.2 Å². The third-order valence-corrected chi connectivity index (χ3v) is 4.71. The third kappa shape index (κ3) is 3.27. The summed E-state index contributed by atoms with van der Waals surface area (Å²) < 4.78 is 5.85. The van der Waals surface area contributed by atoms with E-state index >= 15 is 0 Å². The number of ether oxygens (including phenoxy) is 1. The van der Waals surface area contributed by atoms with Gasteiger partial charge in [-0.25, -0.2) is 0 Å². The molecule has 0 bridgehead atoms. The van der Waals surface area contributed by atoms with Crippen molar-refractivity contribution in [3.63, 3.8) is 0 Å². The number of rotatable bonds is 3. The van der Waals surface area contributed by atoms with Gasteiger partial charge in [-0.2, -0.15) is 0 Å². The lowest BCUT2D eigenvalue weighted by Crippen LogP contribution is -2.44. The van der Waals surface area contributed by atoms with E-state index in [0.29, 0.717) is 12.5 Å². The van der Waals surface area contributed by atoms with Crippen LogP contribution < -0.4 is 5.32 Å². The molecule has 0 aliphatic carbocycles. The maximum absolute atomic E-state index is 12.5. The minimum absolute atomic E-state index is 0.0653. The van der Waals surface area contributed by atoms with Crippen LogP contribution in [0.2, 0.25) is 0 Å². The van der Waals surface area contributed by atoms with Gasteiger partial charge in [0.2, 0.25) is 5.91 Å². The fourth-order valence-corrected chi connectivity index (χ4v) is 3.35. The van der Waals surface area contributed by atoms with E-state index in [9.17, 15) is 4.79 Å². The molecule has 2 aliphatic heterocycles. The molecule has 4 heteroatoms. The molecule has 1 fully saturated rings. The van der Waals surface area contributed by atoms with Crippen molar-refractivity contribution in [3.05, 3.63) is 35.4 Å². The molecule has 1 saturated heterocycles. The van der Waals surface area contributed by atoms with E-state index in [-0.39, 0.29) is 12.0 Å². The number of amides is 1. The lowest BCUT2D eigenvalue weighted by molar-refractivity contribution is -0.135. The highest BCUT2D eigenvalue weighted by Crippen LogP contribution is 2.30. The number of piperidine rings is 1. The van der Waals surface area contributed by atoms with Crippen LogP contribution >= 0.6 is 0 Å². The van der Waals surface area contributed by atoms with Crippen LogP contribution in [0.5, 0.6) is 0 Å². The van der Waals surface area contributed by atoms with Crippen molar-refractivity contribution in [2.24, 2.45) is 0 Å². The fourth-order valence-electron chi connectivity index (χ4n) is 3.35. The third-order valence-electron chi connectivity index (χ3n) is 4.71. The number of carbonyl (C=O) groups excluding carboxylic acids is 1. The zero-order valence-corrected chi connectivity index (χ0v) is 12.7. The van der Waals surface area contributed by atoms with Crippen LogP contribution in [0.3, 0.4) is 0 Å². The van der Waals surface area contributed by atoms with Gasteiger partial charge in [-0.3, -0.25) is 4.79 Å². The Hall–Kier alpha value is -1.39. The molecule has 1 atom stereocenters. The molecule has 0 saturated carbocycles. The smallest absolute Gasteiger partial charge is 0.225 e. The van der Waals surface area contributed by atoms with Crippen molar-refractivity contribution in [2.75, 3.05) is 26.7 Å². The van der Waals surface area contributed by atoms with Gasteiger partial charge in [-0.05, 0) is 37.4 Å². The molecule has 114 valence electrons. The van der Waals surface area contributed by atoms with Crippen LogP contribution in [0.25, 0.3) is 0 Å². The maximum Gasteiger partial charge on any atom is 0.225 e. The van der Waals surface area contributed by atoms with Gasteiger partial charge in [0, 0.05) is 19.1 Å². The summed E-state index contributed by atoms with van der Waals surface area (Å²) in [7, 11) is 1.99. The number of nitrogens with zero attached hydrogens (tertiary/aromatic N) is 1. The molecule has 1 unspecified atom stereocenters. The second-order valence-corrected chi connectivity index (χ2v) is 5.96. The number of likely N-dealkylation sites (tertiary alicyclic amines) is 1. The lowest BCUT2D eigenvalue weighted by Gasteiger charge is -2.33. The van der Waals surface area contributed by atoms with E-state index in [4.69, 9.17) is 4.74 Å². The maximum atomic E-state index is 12.5. The van der Waals surface area contributed by atoms with Crippen LogP contribution in [-0.2, 0) is 16.0 Å². The molecule has 0 spiro atoms. The average molecular weight is 288 g/mol. The molecular formula is C17H24N2O2. The van der Waals surface area contributed by atoms with Crippen LogP contribution in [0.15, 0.2) is 24.3 Å². The minimum atomic E-state index is -0.0653. The molecule has 21 heavy (non-hydrogen) atoms. The van der Waals surface area contributed by atoms with Crippen LogP contribution in [0.4, 0.5) is 0 Å². The SMILES string of the molecule is CNC1CCN(C(=O)CC2OCCc3ccccc32)CC1. The number of benzene rings is 1. The van der Waals surface area contributed by atoms with Gasteiger partial charge in [0.15, 0.2) is 0 Å². The second kappa shape index (κ2) is 6.58. The summed E-state index contributed by atoms with van der Waals surface area (Å²) >= 11 is 0. The highest BCUT2D eigenvalue weighted by molar-refractivity contribution is 5.77. The Bertz CT molecular complexity index is 495. The van der Waals surface area contributed by atoms with Crippen molar-refractivity contribution in [2.45, 2.75) is 37.8 Å². The zero-order valence-electron chi connectivity index (χ0n) is 12.7. The van der Waals surface area contributed by atoms with Crippen LogP contribution in [0, 0.1) is 0 Å². The standard InChI is InChI=1S/C17H24N2O2/c1-18-14-6-9-19(10-7-14)17(20)12-16-15-5-3-2-4-13(15)8-11-21-16/h2-5,14,16,18H,6-12H2,1H3.